The van der Waals surface area contributed by atoms with Gasteiger partial charge < -0.3 is 15.1 Å². The zero-order valence-electron chi connectivity index (χ0n) is 9.28. The minimum atomic E-state index is 0.249. The SMILES string of the molecule is CN1C(=O)N(C2CNC2)CC1C1CCC1. The van der Waals surface area contributed by atoms with Crippen molar-refractivity contribution in [3.05, 3.63) is 0 Å². The van der Waals surface area contributed by atoms with E-state index in [9.17, 15) is 4.79 Å². The normalized spacial score (nSPS) is 33.1. The highest BCUT2D eigenvalue weighted by Gasteiger charge is 2.44. The van der Waals surface area contributed by atoms with Crippen LogP contribution >= 0.6 is 0 Å². The molecule has 1 unspecified atom stereocenters. The van der Waals surface area contributed by atoms with Gasteiger partial charge in [-0.2, -0.15) is 0 Å². The van der Waals surface area contributed by atoms with Crippen molar-refractivity contribution in [1.29, 1.82) is 0 Å². The third kappa shape index (κ3) is 1.34. The lowest BCUT2D eigenvalue weighted by molar-refractivity contribution is 0.160. The molecule has 0 bridgehead atoms. The molecule has 2 saturated heterocycles. The van der Waals surface area contributed by atoms with E-state index in [1.807, 2.05) is 11.9 Å². The molecule has 0 spiro atoms. The van der Waals surface area contributed by atoms with Gasteiger partial charge in [-0.3, -0.25) is 0 Å². The van der Waals surface area contributed by atoms with Crippen LogP contribution in [0, 0.1) is 5.92 Å². The molecule has 0 radical (unpaired) electrons. The van der Waals surface area contributed by atoms with E-state index in [0.717, 1.165) is 25.6 Å². The second-order valence-corrected chi connectivity index (χ2v) is 5.12. The first kappa shape index (κ1) is 9.46. The van der Waals surface area contributed by atoms with Crippen LogP contribution in [0.1, 0.15) is 19.3 Å². The Morgan fingerprint density at radius 2 is 2.07 bits per heavy atom. The number of hydrogen-bond donors (Lipinski definition) is 1. The lowest BCUT2D eigenvalue weighted by Crippen LogP contribution is -2.58. The molecule has 0 aromatic rings. The molecule has 15 heavy (non-hydrogen) atoms. The highest BCUT2D eigenvalue weighted by molar-refractivity contribution is 5.77. The maximum Gasteiger partial charge on any atom is 0.320 e. The number of carbonyl (C=O) groups excluding carboxylic acids is 1. The molecule has 2 aliphatic heterocycles. The Kier molecular flexibility index (Phi) is 2.12. The van der Waals surface area contributed by atoms with Crippen molar-refractivity contribution in [1.82, 2.24) is 15.1 Å². The van der Waals surface area contributed by atoms with E-state index in [1.165, 1.54) is 19.3 Å². The van der Waals surface area contributed by atoms with Gasteiger partial charge >= 0.3 is 6.03 Å². The van der Waals surface area contributed by atoms with Crippen molar-refractivity contribution >= 4 is 6.03 Å². The highest BCUT2D eigenvalue weighted by Crippen LogP contribution is 2.35. The summed E-state index contributed by atoms with van der Waals surface area (Å²) in [6, 6.07) is 1.20. The monoisotopic (exact) mass is 209 g/mol. The fourth-order valence-corrected chi connectivity index (χ4v) is 2.84. The van der Waals surface area contributed by atoms with Crippen molar-refractivity contribution in [2.24, 2.45) is 5.92 Å². The maximum absolute atomic E-state index is 12.0. The molecule has 2 amide bonds. The van der Waals surface area contributed by atoms with Gasteiger partial charge in [-0.25, -0.2) is 4.79 Å². The Bertz CT molecular complexity index is 273. The molecular formula is C11H19N3O. The van der Waals surface area contributed by atoms with Gasteiger partial charge in [0.2, 0.25) is 0 Å². The first-order chi connectivity index (χ1) is 7.27. The molecule has 4 nitrogen and oxygen atoms in total. The summed E-state index contributed by atoms with van der Waals surface area (Å²) in [5.74, 6) is 0.775. The van der Waals surface area contributed by atoms with Gasteiger partial charge in [0, 0.05) is 26.7 Å². The number of amides is 2. The van der Waals surface area contributed by atoms with Crippen molar-refractivity contribution in [2.45, 2.75) is 31.3 Å². The molecule has 3 fully saturated rings. The van der Waals surface area contributed by atoms with Crippen LogP contribution in [-0.4, -0.2) is 54.6 Å². The van der Waals surface area contributed by atoms with Crippen LogP contribution in [0.25, 0.3) is 0 Å². The van der Waals surface area contributed by atoms with E-state index in [-0.39, 0.29) is 6.03 Å². The summed E-state index contributed by atoms with van der Waals surface area (Å²) >= 11 is 0. The summed E-state index contributed by atoms with van der Waals surface area (Å²) < 4.78 is 0. The van der Waals surface area contributed by atoms with Crippen LogP contribution in [0.2, 0.25) is 0 Å². The first-order valence-corrected chi connectivity index (χ1v) is 6.01. The molecular weight excluding hydrogens is 190 g/mol. The van der Waals surface area contributed by atoms with Gasteiger partial charge in [-0.1, -0.05) is 6.42 Å². The molecule has 84 valence electrons. The van der Waals surface area contributed by atoms with Crippen LogP contribution in [0.4, 0.5) is 4.79 Å². The molecule has 1 N–H and O–H groups in total. The summed E-state index contributed by atoms with van der Waals surface area (Å²) in [7, 11) is 1.97. The van der Waals surface area contributed by atoms with E-state index >= 15 is 0 Å². The summed E-state index contributed by atoms with van der Waals surface area (Å²) in [5.41, 5.74) is 0. The molecule has 2 heterocycles. The van der Waals surface area contributed by atoms with Crippen molar-refractivity contribution in [3.8, 4) is 0 Å². The standard InChI is InChI=1S/C11H19N3O/c1-13-10(8-3-2-4-8)7-14(11(13)15)9-5-12-6-9/h8-10,12H,2-7H2,1H3. The van der Waals surface area contributed by atoms with Gasteiger partial charge in [0.05, 0.1) is 12.1 Å². The minimum absolute atomic E-state index is 0.249. The zero-order chi connectivity index (χ0) is 10.4. The topological polar surface area (TPSA) is 35.6 Å². The van der Waals surface area contributed by atoms with E-state index in [2.05, 4.69) is 10.2 Å². The van der Waals surface area contributed by atoms with Crippen LogP contribution in [0.15, 0.2) is 0 Å². The van der Waals surface area contributed by atoms with Gasteiger partial charge in [-0.05, 0) is 18.8 Å². The average molecular weight is 209 g/mol. The third-order valence-electron chi connectivity index (χ3n) is 4.32. The first-order valence-electron chi connectivity index (χ1n) is 6.01. The highest BCUT2D eigenvalue weighted by atomic mass is 16.2. The third-order valence-corrected chi connectivity index (χ3v) is 4.32. The van der Waals surface area contributed by atoms with E-state index in [0.29, 0.717) is 12.1 Å². The molecule has 3 rings (SSSR count). The molecule has 0 aromatic carbocycles. The lowest BCUT2D eigenvalue weighted by atomic mass is 9.79. The quantitative estimate of drug-likeness (QED) is 0.718. The number of nitrogens with zero attached hydrogens (tertiary/aromatic N) is 2. The second-order valence-electron chi connectivity index (χ2n) is 5.12. The number of likely N-dealkylation sites (N-methyl/N-ethyl adjacent to an activating group) is 1. The van der Waals surface area contributed by atoms with Crippen molar-refractivity contribution in [2.75, 3.05) is 26.7 Å². The maximum atomic E-state index is 12.0. The predicted molar refractivity (Wildman–Crippen MR) is 57.7 cm³/mol. The fourth-order valence-electron chi connectivity index (χ4n) is 2.84. The molecule has 3 aliphatic rings. The van der Waals surface area contributed by atoms with Crippen LogP contribution < -0.4 is 5.32 Å². The Labute approximate surface area is 90.6 Å². The predicted octanol–water partition coefficient (Wildman–Crippen LogP) is 0.494. The fraction of sp³-hybridized carbons (Fsp3) is 0.909. The number of urea groups is 1. The number of rotatable bonds is 2. The second kappa shape index (κ2) is 3.37. The Balaban J connectivity index is 1.69. The Morgan fingerprint density at radius 1 is 1.33 bits per heavy atom. The smallest absolute Gasteiger partial charge is 0.320 e. The summed E-state index contributed by atoms with van der Waals surface area (Å²) in [6.07, 6.45) is 3.99. The van der Waals surface area contributed by atoms with Crippen molar-refractivity contribution in [3.63, 3.8) is 0 Å². The summed E-state index contributed by atoms with van der Waals surface area (Å²) in [5, 5.41) is 3.23. The van der Waals surface area contributed by atoms with Crippen LogP contribution in [0.5, 0.6) is 0 Å². The van der Waals surface area contributed by atoms with Crippen LogP contribution in [-0.2, 0) is 0 Å². The minimum Gasteiger partial charge on any atom is -0.323 e. The molecule has 0 aromatic heterocycles. The average Bonchev–Trinajstić information content (AvgIpc) is 2.29. The molecule has 1 saturated carbocycles. The van der Waals surface area contributed by atoms with Crippen LogP contribution in [0.3, 0.4) is 0 Å². The van der Waals surface area contributed by atoms with Crippen molar-refractivity contribution < 1.29 is 4.79 Å². The van der Waals surface area contributed by atoms with E-state index in [4.69, 9.17) is 0 Å². The zero-order valence-corrected chi connectivity index (χ0v) is 9.28. The molecule has 1 atom stereocenters. The Hall–Kier alpha value is -0.770. The summed E-state index contributed by atoms with van der Waals surface area (Å²) in [6.45, 7) is 2.93. The van der Waals surface area contributed by atoms with E-state index < -0.39 is 0 Å². The summed E-state index contributed by atoms with van der Waals surface area (Å²) in [4.78, 5) is 16.1. The number of nitrogens with one attached hydrogen (secondary N) is 1. The largest absolute Gasteiger partial charge is 0.323 e. The molecule has 1 aliphatic carbocycles. The van der Waals surface area contributed by atoms with E-state index in [1.54, 1.807) is 0 Å². The van der Waals surface area contributed by atoms with Gasteiger partial charge in [0.1, 0.15) is 0 Å². The van der Waals surface area contributed by atoms with Gasteiger partial charge in [-0.15, -0.1) is 0 Å². The van der Waals surface area contributed by atoms with Gasteiger partial charge in [0.15, 0.2) is 0 Å². The lowest BCUT2D eigenvalue weighted by Gasteiger charge is -2.36. The van der Waals surface area contributed by atoms with Gasteiger partial charge in [0.25, 0.3) is 0 Å². The number of carbonyl (C=O) groups is 1. The molecule has 4 heteroatoms. The number of hydrogen-bond acceptors (Lipinski definition) is 2. The Morgan fingerprint density at radius 3 is 2.53 bits per heavy atom.